The summed E-state index contributed by atoms with van der Waals surface area (Å²) in [5, 5.41) is 54.1. The van der Waals surface area contributed by atoms with Crippen molar-refractivity contribution in [2.75, 3.05) is 57.6 Å². The number of phenolic OH excluding ortho intramolecular Hbond substituents is 2. The van der Waals surface area contributed by atoms with E-state index in [0.717, 1.165) is 12.2 Å². The van der Waals surface area contributed by atoms with Crippen molar-refractivity contribution in [1.29, 1.82) is 0 Å². The van der Waals surface area contributed by atoms with Gasteiger partial charge in [-0.15, -0.1) is 0 Å². The summed E-state index contributed by atoms with van der Waals surface area (Å²) in [5.74, 6) is -4.71. The number of benzene rings is 3. The molecule has 6 aliphatic heterocycles. The molecule has 3 aromatic carbocycles. The fraction of sp³-hybridized carbons (Fsp3) is 0.544. The molecule has 0 saturated carbocycles. The lowest BCUT2D eigenvalue weighted by molar-refractivity contribution is -0.158. The minimum atomic E-state index is -1.94. The van der Waals surface area contributed by atoms with Crippen LogP contribution in [0.15, 0.2) is 64.3 Å². The number of carbonyl (C=O) groups excluding carboxylic acids is 4. The van der Waals surface area contributed by atoms with Gasteiger partial charge in [0.05, 0.1) is 49.3 Å². The number of Topliss-reactive ketones (excluding diaryl/α,β-unsaturated/α-hetero) is 1. The summed E-state index contributed by atoms with van der Waals surface area (Å²) in [6.07, 6.45) is 6.85. The molecule has 9 rings (SSSR count). The van der Waals surface area contributed by atoms with Crippen LogP contribution in [0.1, 0.15) is 109 Å². The van der Waals surface area contributed by atoms with E-state index in [2.05, 4.69) is 34.4 Å². The van der Waals surface area contributed by atoms with Crippen LogP contribution in [0.25, 0.3) is 10.8 Å². The van der Waals surface area contributed by atoms with Crippen molar-refractivity contribution >= 4 is 45.7 Å². The van der Waals surface area contributed by atoms with Gasteiger partial charge in [0, 0.05) is 117 Å². The molecule has 76 heavy (non-hydrogen) atoms. The molecular weight excluding hydrogens is 977 g/mol. The number of piperidine rings is 2. The van der Waals surface area contributed by atoms with Crippen LogP contribution < -0.4 is 35.6 Å². The lowest BCUT2D eigenvalue weighted by Gasteiger charge is -2.38. The first-order valence-corrected chi connectivity index (χ1v) is 26.5. The number of esters is 1. The first kappa shape index (κ1) is 55.5. The highest BCUT2D eigenvalue weighted by molar-refractivity contribution is 6.21. The molecule has 0 radical (unpaired) electrons. The number of phenols is 2. The molecular formula is C57H74N6O13. The molecule has 19 nitrogen and oxygen atoms in total. The molecule has 19 heteroatoms. The second-order valence-corrected chi connectivity index (χ2v) is 21.6. The summed E-state index contributed by atoms with van der Waals surface area (Å²) in [6, 6.07) is 5.60. The molecule has 1 spiro atoms. The van der Waals surface area contributed by atoms with Gasteiger partial charge in [0.15, 0.2) is 5.75 Å². The van der Waals surface area contributed by atoms with E-state index in [1.807, 2.05) is 12.1 Å². The number of ether oxygens (including phenoxy) is 5. The third kappa shape index (κ3) is 11.7. The average Bonchev–Trinajstić information content (AvgIpc) is 3.93. The second-order valence-electron chi connectivity index (χ2n) is 21.6. The van der Waals surface area contributed by atoms with Crippen LogP contribution in [0.5, 0.6) is 28.7 Å². The topological polar surface area (TPSA) is 251 Å². The first-order valence-electron chi connectivity index (χ1n) is 26.5. The number of carbonyl (C=O) groups is 4. The zero-order valence-corrected chi connectivity index (χ0v) is 45.1. The van der Waals surface area contributed by atoms with Gasteiger partial charge in [-0.25, -0.2) is 4.99 Å². The fourth-order valence-electron chi connectivity index (χ4n) is 10.8. The fourth-order valence-corrected chi connectivity index (χ4v) is 10.8. The maximum absolute atomic E-state index is 14.8. The normalized spacial score (nSPS) is 26.9. The molecule has 6 heterocycles. The Hall–Kier alpha value is -6.70. The predicted octanol–water partition coefficient (Wildman–Crippen LogP) is 6.12. The maximum Gasteiger partial charge on any atom is 0.315 e. The molecule has 0 aromatic heterocycles. The lowest BCUT2D eigenvalue weighted by atomic mass is 9.88. The molecule has 6 aliphatic rings. The van der Waals surface area contributed by atoms with Crippen LogP contribution in [0.4, 0.5) is 11.4 Å². The number of methoxy groups -OCH3 is 2. The molecule has 0 aliphatic carbocycles. The van der Waals surface area contributed by atoms with Crippen molar-refractivity contribution < 1.29 is 63.3 Å². The molecule has 2 fully saturated rings. The molecule has 6 N–H and O–H groups in total. The van der Waals surface area contributed by atoms with E-state index in [0.29, 0.717) is 75.0 Å². The van der Waals surface area contributed by atoms with Gasteiger partial charge >= 0.3 is 11.8 Å². The number of amides is 2. The van der Waals surface area contributed by atoms with Crippen LogP contribution in [0.2, 0.25) is 0 Å². The standard InChI is InChI=1S/C57H74N6O13/c1-31(2)30-62-22-18-57(19-23-62)60-48-45-46-51(68)35(6)53-47(45)54(70)56(7,76-53)74-24-11-10-15-42(34(5)41(65)28-40(64)32(3)13-12-14-33(4)55(71)59-50(52(46)69)49(48)61-57)75-44(67)29-43(66)63-20-16-36(17-21-63)58-37-25-38(72-8)27-39(26-37)73-9/h11-14,24-27,31-32,34,36,40-42,58,60,64-65,68-69H,10,15-23,28-30H2,1-9H3/b13-12+,24-11+,33-14-,59-50?/t32?,34-,40-,41?,42-,56+/m1/s1. The van der Waals surface area contributed by atoms with Crippen molar-refractivity contribution in [2.24, 2.45) is 27.7 Å². The smallest absolute Gasteiger partial charge is 0.315 e. The number of aromatic hydroxyl groups is 2. The van der Waals surface area contributed by atoms with Crippen LogP contribution in [0, 0.1) is 24.7 Å². The third-order valence-electron chi connectivity index (χ3n) is 15.5. The minimum Gasteiger partial charge on any atom is -0.507 e. The lowest BCUT2D eigenvalue weighted by Crippen LogP contribution is -2.47. The van der Waals surface area contributed by atoms with Gasteiger partial charge in [0.2, 0.25) is 5.91 Å². The number of ketones is 1. The number of aliphatic hydroxyl groups is 2. The van der Waals surface area contributed by atoms with E-state index >= 15 is 0 Å². The number of likely N-dealkylation sites (tertiary alicyclic amines) is 2. The van der Waals surface area contributed by atoms with Gasteiger partial charge in [-0.2, -0.15) is 0 Å². The minimum absolute atomic E-state index is 0.0502. The Morgan fingerprint density at radius 3 is 2.28 bits per heavy atom. The highest BCUT2D eigenvalue weighted by atomic mass is 16.7. The van der Waals surface area contributed by atoms with Gasteiger partial charge in [-0.3, -0.25) is 24.2 Å². The van der Waals surface area contributed by atoms with Crippen LogP contribution in [0.3, 0.4) is 0 Å². The Balaban J connectivity index is 1.05. The highest BCUT2D eigenvalue weighted by Crippen LogP contribution is 2.51. The average molecular weight is 1050 g/mol. The van der Waals surface area contributed by atoms with Crippen LogP contribution >= 0.6 is 0 Å². The Morgan fingerprint density at radius 1 is 0.934 bits per heavy atom. The van der Waals surface area contributed by atoms with Crippen LogP contribution in [-0.2, 0) is 23.9 Å². The third-order valence-corrected chi connectivity index (χ3v) is 15.5. The Bertz CT molecular complexity index is 2930. The van der Waals surface area contributed by atoms with Crippen molar-refractivity contribution in [3.05, 3.63) is 76.2 Å². The van der Waals surface area contributed by atoms with Crippen molar-refractivity contribution in [3.8, 4) is 28.7 Å². The number of allylic oxidation sites excluding steroid dienone is 3. The molecule has 5 bridgehead atoms. The number of fused-ring (bicyclic) bond motifs is 13. The molecule has 410 valence electrons. The quantitative estimate of drug-likeness (QED) is 0.0802. The largest absolute Gasteiger partial charge is 0.507 e. The number of hydrogen-bond donors (Lipinski definition) is 6. The molecule has 2 unspecified atom stereocenters. The molecule has 3 aromatic rings. The zero-order valence-electron chi connectivity index (χ0n) is 45.1. The van der Waals surface area contributed by atoms with E-state index in [1.165, 1.54) is 19.3 Å². The van der Waals surface area contributed by atoms with Gasteiger partial charge in [-0.1, -0.05) is 45.9 Å². The second kappa shape index (κ2) is 22.9. The van der Waals surface area contributed by atoms with Crippen molar-refractivity contribution in [2.45, 2.75) is 136 Å². The summed E-state index contributed by atoms with van der Waals surface area (Å²) in [4.78, 5) is 69.5. The van der Waals surface area contributed by atoms with Gasteiger partial charge in [-0.05, 0) is 51.5 Å². The van der Waals surface area contributed by atoms with Crippen LogP contribution in [-0.4, -0.2) is 137 Å². The number of hydrogen-bond acceptors (Lipinski definition) is 17. The number of nitrogens with one attached hydrogen (secondary N) is 2. The summed E-state index contributed by atoms with van der Waals surface area (Å²) < 4.78 is 29.2. The Morgan fingerprint density at radius 2 is 1.62 bits per heavy atom. The number of nitrogens with zero attached hydrogens (tertiary/aromatic N) is 4. The summed E-state index contributed by atoms with van der Waals surface area (Å²) in [5.41, 5.74) is 0.667. The zero-order chi connectivity index (χ0) is 54.8. The monoisotopic (exact) mass is 1050 g/mol. The van der Waals surface area contributed by atoms with Crippen molar-refractivity contribution in [1.82, 2.24) is 9.80 Å². The molecule has 6 atom stereocenters. The van der Waals surface area contributed by atoms with E-state index in [-0.39, 0.29) is 80.9 Å². The summed E-state index contributed by atoms with van der Waals surface area (Å²) in [6.45, 7) is 15.5. The molecule has 2 amide bonds. The summed E-state index contributed by atoms with van der Waals surface area (Å²) in [7, 11) is 3.17. The van der Waals surface area contributed by atoms with Gasteiger partial charge in [0.25, 0.3) is 11.7 Å². The SMILES string of the molecule is COc1cc(NC2CCN(C(=O)CC(=O)O[C@@H]3CC/C=C/O[C@@]4(C)Oc5c(C)c(O)c6c(O)c(c7c(c6c5C4=O)NC4(CCN(CC(C)C)CC4)N=7)=NC(=O)/C(C)=C\C=C\C(C)[C@H](O)CC(O)[C@H]3C)CC2)cc(OC)c1. The van der Waals surface area contributed by atoms with Crippen molar-refractivity contribution in [3.63, 3.8) is 0 Å². The Labute approximate surface area is 443 Å². The Kier molecular flexibility index (Phi) is 16.7. The number of rotatable bonds is 9. The van der Waals surface area contributed by atoms with E-state index < -0.39 is 71.4 Å². The highest BCUT2D eigenvalue weighted by Gasteiger charge is 2.50. The van der Waals surface area contributed by atoms with Gasteiger partial charge < -0.3 is 64.5 Å². The predicted molar refractivity (Wildman–Crippen MR) is 284 cm³/mol. The van der Waals surface area contributed by atoms with E-state index in [1.54, 1.807) is 71.1 Å². The first-order chi connectivity index (χ1) is 36.1. The molecule has 2 saturated heterocycles. The van der Waals surface area contributed by atoms with E-state index in [9.17, 15) is 39.6 Å². The number of aliphatic hydroxyl groups excluding tert-OH is 2. The maximum atomic E-state index is 14.8. The van der Waals surface area contributed by atoms with Gasteiger partial charge in [0.1, 0.15) is 51.9 Å². The number of anilines is 2. The van der Waals surface area contributed by atoms with E-state index in [4.69, 9.17) is 28.7 Å². The summed E-state index contributed by atoms with van der Waals surface area (Å²) >= 11 is 0.